The van der Waals surface area contributed by atoms with Gasteiger partial charge in [-0.25, -0.2) is 10.9 Å². The van der Waals surface area contributed by atoms with Crippen molar-refractivity contribution in [1.82, 2.24) is 16.3 Å². The number of hydrogen-bond acceptors (Lipinski definition) is 6. The van der Waals surface area contributed by atoms with Crippen molar-refractivity contribution in [3.8, 4) is 11.5 Å². The maximum atomic E-state index is 11.6. The zero-order valence-corrected chi connectivity index (χ0v) is 11.4. The third-order valence-electron chi connectivity index (χ3n) is 2.89. The van der Waals surface area contributed by atoms with Crippen LogP contribution in [0.25, 0.3) is 0 Å². The van der Waals surface area contributed by atoms with E-state index in [1.165, 1.54) is 19.4 Å². The maximum Gasteiger partial charge on any atom is 0.241 e. The third kappa shape index (κ3) is 4.18. The number of methoxy groups -OCH3 is 1. The molecule has 1 fully saturated rings. The Morgan fingerprint density at radius 3 is 3.10 bits per heavy atom. The molecular weight excluding hydrogens is 276 g/mol. The molecule has 0 bridgehead atoms. The summed E-state index contributed by atoms with van der Waals surface area (Å²) in [5.41, 5.74) is 8.18. The highest BCUT2D eigenvalue weighted by molar-refractivity contribution is 5.84. The predicted octanol–water partition coefficient (Wildman–Crippen LogP) is -0.366. The van der Waals surface area contributed by atoms with Crippen LogP contribution >= 0.6 is 0 Å². The Bertz CT molecular complexity index is 573. The second kappa shape index (κ2) is 6.71. The molecule has 1 aromatic carbocycles. The highest BCUT2D eigenvalue weighted by Crippen LogP contribution is 2.25. The summed E-state index contributed by atoms with van der Waals surface area (Å²) in [4.78, 5) is 22.6. The minimum atomic E-state index is -0.300. The van der Waals surface area contributed by atoms with Crippen LogP contribution < -0.4 is 21.0 Å². The van der Waals surface area contributed by atoms with E-state index in [-0.39, 0.29) is 36.4 Å². The van der Waals surface area contributed by atoms with E-state index in [4.69, 9.17) is 4.74 Å². The normalized spacial score (nSPS) is 17.8. The van der Waals surface area contributed by atoms with Gasteiger partial charge in [-0.15, -0.1) is 0 Å². The molecule has 2 amide bonds. The van der Waals surface area contributed by atoms with Gasteiger partial charge in [0, 0.05) is 18.9 Å². The van der Waals surface area contributed by atoms with Gasteiger partial charge in [0.1, 0.15) is 0 Å². The number of nitrogens with zero attached hydrogens (tertiary/aromatic N) is 1. The number of rotatable bonds is 5. The molecule has 1 atom stereocenters. The van der Waals surface area contributed by atoms with Gasteiger partial charge < -0.3 is 9.84 Å². The van der Waals surface area contributed by atoms with Gasteiger partial charge in [-0.3, -0.25) is 15.0 Å². The zero-order valence-electron chi connectivity index (χ0n) is 11.4. The predicted molar refractivity (Wildman–Crippen MR) is 74.7 cm³/mol. The van der Waals surface area contributed by atoms with Crippen molar-refractivity contribution in [3.05, 3.63) is 23.8 Å². The van der Waals surface area contributed by atoms with Gasteiger partial charge in [-0.2, -0.15) is 5.10 Å². The highest BCUT2D eigenvalue weighted by Gasteiger charge is 2.23. The van der Waals surface area contributed by atoms with Gasteiger partial charge in [0.15, 0.2) is 11.5 Å². The van der Waals surface area contributed by atoms with Crippen LogP contribution in [0.2, 0.25) is 0 Å². The fourth-order valence-electron chi connectivity index (χ4n) is 1.85. The Hall–Kier alpha value is -2.61. The first-order valence-corrected chi connectivity index (χ1v) is 6.32. The largest absolute Gasteiger partial charge is 0.504 e. The van der Waals surface area contributed by atoms with Crippen molar-refractivity contribution in [2.75, 3.05) is 7.11 Å². The summed E-state index contributed by atoms with van der Waals surface area (Å²) >= 11 is 0. The van der Waals surface area contributed by atoms with Crippen molar-refractivity contribution in [2.24, 2.45) is 5.10 Å². The molecule has 1 aromatic rings. The molecule has 2 rings (SSSR count). The number of benzene rings is 1. The van der Waals surface area contributed by atoms with Crippen LogP contribution in [0, 0.1) is 0 Å². The second-order valence-corrected chi connectivity index (χ2v) is 4.52. The molecule has 8 nitrogen and oxygen atoms in total. The van der Waals surface area contributed by atoms with Gasteiger partial charge in [-0.05, 0) is 23.8 Å². The number of aromatic hydroxyl groups is 1. The van der Waals surface area contributed by atoms with Crippen molar-refractivity contribution < 1.29 is 19.4 Å². The Morgan fingerprint density at radius 2 is 2.43 bits per heavy atom. The van der Waals surface area contributed by atoms with Crippen LogP contribution in [0.4, 0.5) is 0 Å². The topological polar surface area (TPSA) is 112 Å². The Labute approximate surface area is 121 Å². The standard InChI is InChI=1S/C13H16N4O4/c1-21-11-4-8(2-3-10(11)18)7-14-16-12(19)5-9-6-13(20)17-15-9/h2-4,7,9,15,18H,5-6H2,1H3,(H,16,19)(H,17,20)/b14-7+. The average molecular weight is 292 g/mol. The van der Waals surface area contributed by atoms with E-state index in [0.29, 0.717) is 11.3 Å². The molecule has 1 heterocycles. The fraction of sp³-hybridized carbons (Fsp3) is 0.308. The van der Waals surface area contributed by atoms with Gasteiger partial charge >= 0.3 is 0 Å². The lowest BCUT2D eigenvalue weighted by Crippen LogP contribution is -2.34. The zero-order chi connectivity index (χ0) is 15.2. The summed E-state index contributed by atoms with van der Waals surface area (Å²) in [7, 11) is 1.45. The summed E-state index contributed by atoms with van der Waals surface area (Å²) in [6.07, 6.45) is 1.85. The fourth-order valence-corrected chi connectivity index (χ4v) is 1.85. The lowest BCUT2D eigenvalue weighted by molar-refractivity contribution is -0.121. The van der Waals surface area contributed by atoms with Crippen LogP contribution in [-0.2, 0) is 9.59 Å². The van der Waals surface area contributed by atoms with Gasteiger partial charge in [0.05, 0.1) is 13.3 Å². The minimum Gasteiger partial charge on any atom is -0.504 e. The molecule has 112 valence electrons. The first-order chi connectivity index (χ1) is 10.1. The van der Waals surface area contributed by atoms with E-state index in [1.807, 2.05) is 0 Å². The smallest absolute Gasteiger partial charge is 0.241 e. The Balaban J connectivity index is 1.84. The number of hydrazine groups is 1. The van der Waals surface area contributed by atoms with E-state index in [9.17, 15) is 14.7 Å². The van der Waals surface area contributed by atoms with E-state index in [1.54, 1.807) is 12.1 Å². The monoisotopic (exact) mass is 292 g/mol. The van der Waals surface area contributed by atoms with E-state index in [2.05, 4.69) is 21.4 Å². The Morgan fingerprint density at radius 1 is 1.62 bits per heavy atom. The molecule has 1 unspecified atom stereocenters. The van der Waals surface area contributed by atoms with Crippen molar-refractivity contribution in [3.63, 3.8) is 0 Å². The van der Waals surface area contributed by atoms with Crippen LogP contribution in [0.3, 0.4) is 0 Å². The van der Waals surface area contributed by atoms with Crippen molar-refractivity contribution >= 4 is 18.0 Å². The van der Waals surface area contributed by atoms with Crippen LogP contribution in [0.15, 0.2) is 23.3 Å². The summed E-state index contributed by atoms with van der Waals surface area (Å²) in [6.45, 7) is 0. The molecule has 8 heteroatoms. The van der Waals surface area contributed by atoms with Crippen LogP contribution in [0.5, 0.6) is 11.5 Å². The number of phenols is 1. The number of hydrogen-bond donors (Lipinski definition) is 4. The molecule has 0 aromatic heterocycles. The lowest BCUT2D eigenvalue weighted by Gasteiger charge is -2.06. The number of nitrogens with one attached hydrogen (secondary N) is 3. The SMILES string of the molecule is COc1cc(/C=N/NC(=O)CC2CC(=O)NN2)ccc1O. The molecule has 0 aliphatic carbocycles. The minimum absolute atomic E-state index is 0.0307. The van der Waals surface area contributed by atoms with Gasteiger partial charge in [0.25, 0.3) is 0 Å². The third-order valence-corrected chi connectivity index (χ3v) is 2.89. The summed E-state index contributed by atoms with van der Waals surface area (Å²) < 4.78 is 4.97. The number of ether oxygens (including phenoxy) is 1. The number of carbonyl (C=O) groups excluding carboxylic acids is 2. The molecule has 0 radical (unpaired) electrons. The highest BCUT2D eigenvalue weighted by atomic mass is 16.5. The Kier molecular flexibility index (Phi) is 4.72. The number of carbonyl (C=O) groups is 2. The number of phenolic OH excluding ortho intramolecular Hbond substituents is 1. The summed E-state index contributed by atoms with van der Waals surface area (Å²) in [5.74, 6) is -0.0772. The molecular formula is C13H16N4O4. The van der Waals surface area contributed by atoms with Gasteiger partial charge in [-0.1, -0.05) is 0 Å². The van der Waals surface area contributed by atoms with Crippen LogP contribution in [0.1, 0.15) is 18.4 Å². The second-order valence-electron chi connectivity index (χ2n) is 4.52. The average Bonchev–Trinajstić information content (AvgIpc) is 2.86. The lowest BCUT2D eigenvalue weighted by atomic mass is 10.1. The first-order valence-electron chi connectivity index (χ1n) is 6.32. The quantitative estimate of drug-likeness (QED) is 0.437. The summed E-state index contributed by atoms with van der Waals surface area (Å²) in [6, 6.07) is 4.48. The van der Waals surface area contributed by atoms with E-state index in [0.717, 1.165) is 0 Å². The van der Waals surface area contributed by atoms with Gasteiger partial charge in [0.2, 0.25) is 11.8 Å². The maximum absolute atomic E-state index is 11.6. The number of amides is 2. The van der Waals surface area contributed by atoms with Crippen LogP contribution in [-0.4, -0.2) is 36.3 Å². The molecule has 1 aliphatic rings. The van der Waals surface area contributed by atoms with Crippen molar-refractivity contribution in [1.29, 1.82) is 0 Å². The molecule has 1 saturated heterocycles. The van der Waals surface area contributed by atoms with E-state index >= 15 is 0 Å². The van der Waals surface area contributed by atoms with E-state index < -0.39 is 0 Å². The molecule has 21 heavy (non-hydrogen) atoms. The summed E-state index contributed by atoms with van der Waals surface area (Å²) in [5, 5.41) is 13.3. The molecule has 1 aliphatic heterocycles. The molecule has 0 spiro atoms. The number of hydrazone groups is 1. The molecule has 4 N–H and O–H groups in total. The van der Waals surface area contributed by atoms with Crippen molar-refractivity contribution in [2.45, 2.75) is 18.9 Å². The molecule has 0 saturated carbocycles. The first kappa shape index (κ1) is 14.8.